The van der Waals surface area contributed by atoms with Crippen LogP contribution in [0.1, 0.15) is 12.5 Å². The van der Waals surface area contributed by atoms with Gasteiger partial charge in [-0.2, -0.15) is 0 Å². The first kappa shape index (κ1) is 17.1. The van der Waals surface area contributed by atoms with Crippen LogP contribution in [0, 0.1) is 6.92 Å². The first-order valence-corrected chi connectivity index (χ1v) is 8.86. The molecule has 0 atom stereocenters. The third kappa shape index (κ3) is 3.93. The average molecular weight is 331 g/mol. The maximum absolute atomic E-state index is 12.9. The SMILES string of the molecule is C=CCN(c1cccc(OCC)c1)S(=O)(=O)c1ccc(C)cc1. The third-order valence-electron chi connectivity index (χ3n) is 3.32. The van der Waals surface area contributed by atoms with Gasteiger partial charge in [0.1, 0.15) is 5.75 Å². The van der Waals surface area contributed by atoms with Gasteiger partial charge in [-0.3, -0.25) is 4.31 Å². The monoisotopic (exact) mass is 331 g/mol. The van der Waals surface area contributed by atoms with Crippen LogP contribution < -0.4 is 9.04 Å². The van der Waals surface area contributed by atoms with Gasteiger partial charge < -0.3 is 4.74 Å². The fourth-order valence-corrected chi connectivity index (χ4v) is 3.62. The Morgan fingerprint density at radius 2 is 1.87 bits per heavy atom. The van der Waals surface area contributed by atoms with Gasteiger partial charge in [-0.1, -0.05) is 29.8 Å². The first-order chi connectivity index (χ1) is 11.0. The summed E-state index contributed by atoms with van der Waals surface area (Å²) in [6, 6.07) is 13.9. The molecule has 2 rings (SSSR count). The van der Waals surface area contributed by atoms with Gasteiger partial charge in [-0.25, -0.2) is 8.42 Å². The van der Waals surface area contributed by atoms with Crippen molar-refractivity contribution in [1.82, 2.24) is 0 Å². The quantitative estimate of drug-likeness (QED) is 0.726. The Hall–Kier alpha value is -2.27. The van der Waals surface area contributed by atoms with Gasteiger partial charge in [0, 0.05) is 6.07 Å². The van der Waals surface area contributed by atoms with Crippen LogP contribution in [0.4, 0.5) is 5.69 Å². The number of ether oxygens (including phenoxy) is 1. The maximum Gasteiger partial charge on any atom is 0.264 e. The van der Waals surface area contributed by atoms with Crippen LogP contribution in [0.5, 0.6) is 5.75 Å². The molecule has 0 saturated heterocycles. The molecule has 23 heavy (non-hydrogen) atoms. The van der Waals surface area contributed by atoms with Crippen molar-refractivity contribution in [3.8, 4) is 5.75 Å². The molecule has 0 fully saturated rings. The van der Waals surface area contributed by atoms with Crippen LogP contribution in [0.3, 0.4) is 0 Å². The van der Waals surface area contributed by atoms with Crippen molar-refractivity contribution in [3.05, 3.63) is 66.7 Å². The number of hydrogen-bond donors (Lipinski definition) is 0. The van der Waals surface area contributed by atoms with E-state index >= 15 is 0 Å². The summed E-state index contributed by atoms with van der Waals surface area (Å²) in [5.41, 5.74) is 1.56. The summed E-state index contributed by atoms with van der Waals surface area (Å²) in [5.74, 6) is 0.637. The van der Waals surface area contributed by atoms with Crippen LogP contribution in [-0.2, 0) is 10.0 Å². The summed E-state index contributed by atoms with van der Waals surface area (Å²) in [6.07, 6.45) is 1.57. The Labute approximate surface area is 138 Å². The molecule has 0 spiro atoms. The molecule has 0 aliphatic carbocycles. The molecule has 0 aromatic heterocycles. The number of hydrogen-bond acceptors (Lipinski definition) is 3. The maximum atomic E-state index is 12.9. The highest BCUT2D eigenvalue weighted by atomic mass is 32.2. The zero-order valence-corrected chi connectivity index (χ0v) is 14.2. The number of nitrogens with zero attached hydrogens (tertiary/aromatic N) is 1. The predicted octanol–water partition coefficient (Wildman–Crippen LogP) is 3.78. The lowest BCUT2D eigenvalue weighted by Crippen LogP contribution is -2.31. The summed E-state index contributed by atoms with van der Waals surface area (Å²) in [4.78, 5) is 0.256. The normalized spacial score (nSPS) is 11.0. The predicted molar refractivity (Wildman–Crippen MR) is 93.5 cm³/mol. The molecular formula is C18H21NO3S. The zero-order chi connectivity index (χ0) is 16.9. The molecule has 0 aliphatic heterocycles. The van der Waals surface area contributed by atoms with Crippen molar-refractivity contribution in [3.63, 3.8) is 0 Å². The molecule has 0 amide bonds. The minimum absolute atomic E-state index is 0.186. The number of aryl methyl sites for hydroxylation is 1. The van der Waals surface area contributed by atoms with E-state index in [0.717, 1.165) is 5.56 Å². The van der Waals surface area contributed by atoms with E-state index < -0.39 is 10.0 Å². The summed E-state index contributed by atoms with van der Waals surface area (Å²) in [5, 5.41) is 0. The number of rotatable bonds is 7. The van der Waals surface area contributed by atoms with E-state index in [4.69, 9.17) is 4.74 Å². The van der Waals surface area contributed by atoms with Crippen LogP contribution >= 0.6 is 0 Å². The number of anilines is 1. The Balaban J connectivity index is 2.46. The lowest BCUT2D eigenvalue weighted by molar-refractivity contribution is 0.340. The first-order valence-electron chi connectivity index (χ1n) is 7.42. The molecule has 0 radical (unpaired) electrons. The standard InChI is InChI=1S/C18H21NO3S/c1-4-13-19(16-7-6-8-17(14-16)22-5-2)23(20,21)18-11-9-15(3)10-12-18/h4,6-12,14H,1,5,13H2,2-3H3. The summed E-state index contributed by atoms with van der Waals surface area (Å²) >= 11 is 0. The summed E-state index contributed by atoms with van der Waals surface area (Å²) in [7, 11) is -3.66. The van der Waals surface area contributed by atoms with Crippen LogP contribution in [0.2, 0.25) is 0 Å². The smallest absolute Gasteiger partial charge is 0.264 e. The second-order valence-corrected chi connectivity index (χ2v) is 6.93. The third-order valence-corrected chi connectivity index (χ3v) is 5.13. The second-order valence-electron chi connectivity index (χ2n) is 5.07. The molecule has 0 N–H and O–H groups in total. The van der Waals surface area contributed by atoms with Crippen LogP contribution in [0.15, 0.2) is 66.1 Å². The topological polar surface area (TPSA) is 46.6 Å². The van der Waals surface area contributed by atoms with Crippen LogP contribution in [-0.4, -0.2) is 21.6 Å². The molecule has 122 valence electrons. The van der Waals surface area contributed by atoms with E-state index in [2.05, 4.69) is 6.58 Å². The molecule has 4 nitrogen and oxygen atoms in total. The highest BCUT2D eigenvalue weighted by molar-refractivity contribution is 7.92. The van der Waals surface area contributed by atoms with Gasteiger partial charge in [-0.05, 0) is 38.1 Å². The van der Waals surface area contributed by atoms with Crippen molar-refractivity contribution in [1.29, 1.82) is 0 Å². The molecule has 0 bridgehead atoms. The zero-order valence-electron chi connectivity index (χ0n) is 13.4. The van der Waals surface area contributed by atoms with Gasteiger partial charge in [0.2, 0.25) is 0 Å². The van der Waals surface area contributed by atoms with Crippen LogP contribution in [0.25, 0.3) is 0 Å². The highest BCUT2D eigenvalue weighted by Gasteiger charge is 2.24. The van der Waals surface area contributed by atoms with Gasteiger partial charge in [-0.15, -0.1) is 6.58 Å². The van der Waals surface area contributed by atoms with Crippen molar-refractivity contribution < 1.29 is 13.2 Å². The molecule has 2 aromatic carbocycles. The fourth-order valence-electron chi connectivity index (χ4n) is 2.19. The average Bonchev–Trinajstić information content (AvgIpc) is 2.53. The van der Waals surface area contributed by atoms with E-state index in [0.29, 0.717) is 18.0 Å². The molecular weight excluding hydrogens is 310 g/mol. The summed E-state index contributed by atoms with van der Waals surface area (Å²) in [6.45, 7) is 8.18. The molecule has 0 aliphatic rings. The molecule has 2 aromatic rings. The molecule has 5 heteroatoms. The van der Waals surface area contributed by atoms with Crippen molar-refractivity contribution in [2.24, 2.45) is 0 Å². The van der Waals surface area contributed by atoms with Crippen molar-refractivity contribution in [2.75, 3.05) is 17.5 Å². The second kappa shape index (κ2) is 7.33. The van der Waals surface area contributed by atoms with Crippen molar-refractivity contribution >= 4 is 15.7 Å². The molecule has 0 unspecified atom stereocenters. The molecule has 0 heterocycles. The number of sulfonamides is 1. The highest BCUT2D eigenvalue weighted by Crippen LogP contribution is 2.27. The number of benzene rings is 2. The van der Waals surface area contributed by atoms with Gasteiger partial charge >= 0.3 is 0 Å². The van der Waals surface area contributed by atoms with E-state index in [1.54, 1.807) is 54.6 Å². The minimum Gasteiger partial charge on any atom is -0.494 e. The molecule has 0 saturated carbocycles. The lowest BCUT2D eigenvalue weighted by Gasteiger charge is -2.23. The van der Waals surface area contributed by atoms with Gasteiger partial charge in [0.25, 0.3) is 10.0 Å². The Bertz CT molecular complexity index is 767. The Morgan fingerprint density at radius 3 is 2.48 bits per heavy atom. The van der Waals surface area contributed by atoms with E-state index in [1.165, 1.54) is 4.31 Å². The van der Waals surface area contributed by atoms with E-state index in [1.807, 2.05) is 13.8 Å². The Kier molecular flexibility index (Phi) is 5.45. The van der Waals surface area contributed by atoms with E-state index in [-0.39, 0.29) is 11.4 Å². The Morgan fingerprint density at radius 1 is 1.17 bits per heavy atom. The fraction of sp³-hybridized carbons (Fsp3) is 0.222. The van der Waals surface area contributed by atoms with Gasteiger partial charge in [0.15, 0.2) is 0 Å². The van der Waals surface area contributed by atoms with Crippen molar-refractivity contribution in [2.45, 2.75) is 18.7 Å². The summed E-state index contributed by atoms with van der Waals surface area (Å²) < 4.78 is 32.7. The lowest BCUT2D eigenvalue weighted by atomic mass is 10.2. The van der Waals surface area contributed by atoms with E-state index in [9.17, 15) is 8.42 Å². The minimum atomic E-state index is -3.66. The largest absolute Gasteiger partial charge is 0.494 e. The van der Waals surface area contributed by atoms with Gasteiger partial charge in [0.05, 0.1) is 23.7 Å².